The van der Waals surface area contributed by atoms with Crippen molar-refractivity contribution in [3.63, 3.8) is 0 Å². The van der Waals surface area contributed by atoms with Crippen LogP contribution in [0.15, 0.2) is 41.4 Å². The van der Waals surface area contributed by atoms with Gasteiger partial charge in [0, 0.05) is 0 Å². The van der Waals surface area contributed by atoms with E-state index in [0.717, 1.165) is 16.7 Å². The van der Waals surface area contributed by atoms with Crippen LogP contribution in [0.4, 0.5) is 0 Å². The Kier molecular flexibility index (Phi) is 3.23. The van der Waals surface area contributed by atoms with Crippen LogP contribution in [-0.2, 0) is 10.3 Å². The Hall–Kier alpha value is -1.66. The van der Waals surface area contributed by atoms with Crippen LogP contribution >= 0.6 is 0 Å². The lowest BCUT2D eigenvalue weighted by Crippen LogP contribution is -2.20. The molecule has 0 aliphatic rings. The molecule has 0 spiro atoms. The Morgan fingerprint density at radius 2 is 2.20 bits per heavy atom. The van der Waals surface area contributed by atoms with E-state index >= 15 is 0 Å². The van der Waals surface area contributed by atoms with Crippen molar-refractivity contribution in [2.24, 2.45) is 4.99 Å². The normalized spacial score (nSPS) is 13.8. The first-order chi connectivity index (χ1) is 7.00. The minimum atomic E-state index is -0.659. The number of aryl methyl sites for hydroxylation is 1. The third-order valence-electron chi connectivity index (χ3n) is 2.68. The summed E-state index contributed by atoms with van der Waals surface area (Å²) in [5.41, 5.74) is 2.28. The molecule has 1 atom stereocenters. The molecule has 0 N–H and O–H groups in total. The summed E-state index contributed by atoms with van der Waals surface area (Å²) in [5, 5.41) is 0. The summed E-state index contributed by atoms with van der Waals surface area (Å²) in [4.78, 5) is 14.3. The monoisotopic (exact) mass is 201 g/mol. The van der Waals surface area contributed by atoms with E-state index in [1.165, 1.54) is 0 Å². The van der Waals surface area contributed by atoms with E-state index in [2.05, 4.69) is 11.6 Å². The lowest BCUT2D eigenvalue weighted by Gasteiger charge is -2.24. The molecule has 0 saturated heterocycles. The molecule has 0 saturated carbocycles. The van der Waals surface area contributed by atoms with E-state index in [0.29, 0.717) is 0 Å². The van der Waals surface area contributed by atoms with Crippen molar-refractivity contribution in [3.8, 4) is 0 Å². The van der Waals surface area contributed by atoms with Crippen molar-refractivity contribution in [3.05, 3.63) is 47.5 Å². The fourth-order valence-electron chi connectivity index (χ4n) is 1.45. The highest BCUT2D eigenvalue weighted by Gasteiger charge is 2.26. The smallest absolute Gasteiger partial charge is 0.211 e. The molecule has 0 aliphatic carbocycles. The first-order valence-corrected chi connectivity index (χ1v) is 4.83. The lowest BCUT2D eigenvalue weighted by atomic mass is 9.86. The van der Waals surface area contributed by atoms with Crippen LogP contribution in [-0.4, -0.2) is 6.08 Å². The predicted molar refractivity (Wildman–Crippen MR) is 61.5 cm³/mol. The number of aliphatic imine (C=N–C) groups is 1. The number of hydrogen-bond acceptors (Lipinski definition) is 2. The quantitative estimate of drug-likeness (QED) is 0.419. The highest BCUT2D eigenvalue weighted by molar-refractivity contribution is 5.43. The molecule has 1 rings (SSSR count). The number of isocyanates is 1. The Morgan fingerprint density at radius 3 is 2.67 bits per heavy atom. The van der Waals surface area contributed by atoms with Crippen LogP contribution < -0.4 is 0 Å². The zero-order valence-corrected chi connectivity index (χ0v) is 9.37. The van der Waals surface area contributed by atoms with Gasteiger partial charge in [0.05, 0.1) is 0 Å². The van der Waals surface area contributed by atoms with E-state index in [9.17, 15) is 4.79 Å². The van der Waals surface area contributed by atoms with Crippen LogP contribution in [0.25, 0.3) is 0 Å². The van der Waals surface area contributed by atoms with Gasteiger partial charge in [0.15, 0.2) is 0 Å². The number of hydrogen-bond donors (Lipinski definition) is 0. The second-order valence-corrected chi connectivity index (χ2v) is 3.93. The van der Waals surface area contributed by atoms with Gasteiger partial charge in [-0.3, -0.25) is 0 Å². The molecule has 0 heterocycles. The fourth-order valence-corrected chi connectivity index (χ4v) is 1.45. The van der Waals surface area contributed by atoms with Gasteiger partial charge < -0.3 is 0 Å². The molecule has 78 valence electrons. The maximum Gasteiger partial charge on any atom is 0.236 e. The Labute approximate surface area is 90.4 Å². The molecular formula is C13H15NO. The fraction of sp³-hybridized carbons (Fsp3) is 0.308. The summed E-state index contributed by atoms with van der Waals surface area (Å²) < 4.78 is 0. The average molecular weight is 201 g/mol. The van der Waals surface area contributed by atoms with Gasteiger partial charge >= 0.3 is 0 Å². The largest absolute Gasteiger partial charge is 0.236 e. The molecular weight excluding hydrogens is 186 g/mol. The van der Waals surface area contributed by atoms with Crippen LogP contribution in [0, 0.1) is 6.92 Å². The molecule has 1 aromatic carbocycles. The summed E-state index contributed by atoms with van der Waals surface area (Å²) >= 11 is 0. The third kappa shape index (κ3) is 2.23. The van der Waals surface area contributed by atoms with Crippen LogP contribution in [0.3, 0.4) is 0 Å². The number of benzene rings is 1. The highest BCUT2D eigenvalue weighted by atomic mass is 16.1. The predicted octanol–water partition coefficient (Wildman–Crippen LogP) is 3.12. The molecule has 0 fully saturated rings. The first kappa shape index (κ1) is 11.4. The van der Waals surface area contributed by atoms with Crippen molar-refractivity contribution in [1.82, 2.24) is 0 Å². The van der Waals surface area contributed by atoms with E-state index in [4.69, 9.17) is 0 Å². The summed E-state index contributed by atoms with van der Waals surface area (Å²) in [6, 6.07) is 7.91. The molecule has 0 bridgehead atoms. The van der Waals surface area contributed by atoms with Gasteiger partial charge in [-0.1, -0.05) is 36.4 Å². The Bertz CT molecular complexity index is 426. The number of carbonyl (C=O) groups excluding carboxylic acids is 1. The van der Waals surface area contributed by atoms with E-state index in [1.54, 1.807) is 6.08 Å². The van der Waals surface area contributed by atoms with Gasteiger partial charge in [0.25, 0.3) is 0 Å². The molecule has 1 unspecified atom stereocenters. The van der Waals surface area contributed by atoms with Crippen LogP contribution in [0.2, 0.25) is 0 Å². The van der Waals surface area contributed by atoms with Crippen molar-refractivity contribution in [2.75, 3.05) is 0 Å². The zero-order chi connectivity index (χ0) is 11.5. The van der Waals surface area contributed by atoms with Gasteiger partial charge in [-0.05, 0) is 31.9 Å². The van der Waals surface area contributed by atoms with Gasteiger partial charge in [-0.15, -0.1) is 0 Å². The minimum absolute atomic E-state index is 0.659. The van der Waals surface area contributed by atoms with Crippen LogP contribution in [0.1, 0.15) is 25.0 Å². The molecule has 0 amide bonds. The number of rotatable bonds is 3. The molecule has 2 nitrogen and oxygen atoms in total. The second-order valence-electron chi connectivity index (χ2n) is 3.93. The topological polar surface area (TPSA) is 29.4 Å². The highest BCUT2D eigenvalue weighted by Crippen LogP contribution is 2.32. The summed E-state index contributed by atoms with van der Waals surface area (Å²) in [7, 11) is 0. The van der Waals surface area contributed by atoms with E-state index < -0.39 is 5.54 Å². The molecule has 1 aromatic rings. The summed E-state index contributed by atoms with van der Waals surface area (Å²) in [5.74, 6) is 0. The summed E-state index contributed by atoms with van der Waals surface area (Å²) in [6.07, 6.45) is 1.62. The van der Waals surface area contributed by atoms with Crippen molar-refractivity contribution < 1.29 is 4.79 Å². The van der Waals surface area contributed by atoms with Gasteiger partial charge in [0.2, 0.25) is 6.08 Å². The van der Waals surface area contributed by atoms with Gasteiger partial charge in [-0.2, -0.15) is 4.99 Å². The van der Waals surface area contributed by atoms with Gasteiger partial charge in [-0.25, -0.2) is 4.79 Å². The standard InChI is InChI=1S/C13H15NO/c1-10(2)13(4,14-9-15)12-7-5-6-11(3)8-12/h5-8H,1H2,2-4H3. The Balaban J connectivity index is 3.33. The maximum absolute atomic E-state index is 10.5. The third-order valence-corrected chi connectivity index (χ3v) is 2.68. The maximum atomic E-state index is 10.5. The molecule has 2 heteroatoms. The van der Waals surface area contributed by atoms with Gasteiger partial charge in [0.1, 0.15) is 5.54 Å². The van der Waals surface area contributed by atoms with E-state index in [1.807, 2.05) is 45.0 Å². The van der Waals surface area contributed by atoms with Crippen LogP contribution in [0.5, 0.6) is 0 Å². The van der Waals surface area contributed by atoms with Crippen molar-refractivity contribution in [2.45, 2.75) is 26.3 Å². The molecule has 15 heavy (non-hydrogen) atoms. The molecule has 0 radical (unpaired) electrons. The lowest BCUT2D eigenvalue weighted by molar-refractivity contribution is 0.537. The SMILES string of the molecule is C=C(C)C(C)(N=C=O)c1cccc(C)c1. The zero-order valence-electron chi connectivity index (χ0n) is 9.37. The van der Waals surface area contributed by atoms with E-state index in [-0.39, 0.29) is 0 Å². The Morgan fingerprint density at radius 1 is 1.53 bits per heavy atom. The second kappa shape index (κ2) is 4.24. The molecule has 0 aromatic heterocycles. The summed E-state index contributed by atoms with van der Waals surface area (Å²) in [6.45, 7) is 9.62. The van der Waals surface area contributed by atoms with Crippen molar-refractivity contribution >= 4 is 6.08 Å². The minimum Gasteiger partial charge on any atom is -0.211 e. The van der Waals surface area contributed by atoms with Crippen molar-refractivity contribution in [1.29, 1.82) is 0 Å². The first-order valence-electron chi connectivity index (χ1n) is 4.83. The molecule has 0 aliphatic heterocycles. The average Bonchev–Trinajstić information content (AvgIpc) is 2.17. The number of nitrogens with zero attached hydrogens (tertiary/aromatic N) is 1.